The van der Waals surface area contributed by atoms with Crippen molar-refractivity contribution in [3.8, 4) is 5.75 Å². The van der Waals surface area contributed by atoms with Crippen LogP contribution in [-0.4, -0.2) is 12.6 Å². The summed E-state index contributed by atoms with van der Waals surface area (Å²) in [5.74, 6) is 0.810. The van der Waals surface area contributed by atoms with Gasteiger partial charge in [-0.2, -0.15) is 0 Å². The Labute approximate surface area is 114 Å². The van der Waals surface area contributed by atoms with Crippen molar-refractivity contribution in [2.45, 2.75) is 39.3 Å². The molecule has 3 heteroatoms. The van der Waals surface area contributed by atoms with Crippen molar-refractivity contribution in [3.05, 3.63) is 40.4 Å². The van der Waals surface area contributed by atoms with Crippen LogP contribution in [0, 0.1) is 0 Å². The molecule has 0 spiro atoms. The summed E-state index contributed by atoms with van der Waals surface area (Å²) in [6.45, 7) is 5.52. The van der Waals surface area contributed by atoms with Gasteiger partial charge in [-0.3, -0.25) is 0 Å². The van der Waals surface area contributed by atoms with Crippen LogP contribution in [0.25, 0.3) is 0 Å². The van der Waals surface area contributed by atoms with Crippen LogP contribution in [-0.2, 0) is 6.54 Å². The molecule has 0 saturated heterocycles. The van der Waals surface area contributed by atoms with Crippen molar-refractivity contribution in [1.82, 2.24) is 5.32 Å². The highest BCUT2D eigenvalue weighted by molar-refractivity contribution is 6.32. The molecule has 98 valence electrons. The molecule has 0 unspecified atom stereocenters. The van der Waals surface area contributed by atoms with E-state index in [0.29, 0.717) is 17.7 Å². The van der Waals surface area contributed by atoms with Gasteiger partial charge in [0.25, 0.3) is 0 Å². The summed E-state index contributed by atoms with van der Waals surface area (Å²) in [6.07, 6.45) is 4.63. The first-order valence-corrected chi connectivity index (χ1v) is 6.81. The van der Waals surface area contributed by atoms with E-state index in [9.17, 15) is 0 Å². The van der Waals surface area contributed by atoms with Gasteiger partial charge in [0, 0.05) is 18.2 Å². The lowest BCUT2D eigenvalue weighted by molar-refractivity contribution is 0.357. The minimum Gasteiger partial charge on any atom is -0.488 e. The zero-order valence-corrected chi connectivity index (χ0v) is 11.8. The van der Waals surface area contributed by atoms with E-state index in [4.69, 9.17) is 16.3 Å². The molecule has 1 aliphatic rings. The van der Waals surface area contributed by atoms with Crippen LogP contribution in [0.1, 0.15) is 32.3 Å². The molecule has 0 bridgehead atoms. The quantitative estimate of drug-likeness (QED) is 0.787. The molecule has 1 N–H and O–H groups in total. The van der Waals surface area contributed by atoms with E-state index in [1.54, 1.807) is 0 Å². The Kier molecular flexibility index (Phi) is 4.67. The molecule has 0 aromatic heterocycles. The van der Waals surface area contributed by atoms with Gasteiger partial charge in [0.1, 0.15) is 12.4 Å². The highest BCUT2D eigenvalue weighted by Crippen LogP contribution is 2.29. The maximum absolute atomic E-state index is 6.20. The fraction of sp³-hybridized carbons (Fsp3) is 0.467. The first-order valence-electron chi connectivity index (χ1n) is 6.44. The van der Waals surface area contributed by atoms with Crippen molar-refractivity contribution in [3.63, 3.8) is 0 Å². The lowest BCUT2D eigenvalue weighted by atomic mass is 10.2. The maximum atomic E-state index is 6.20. The zero-order valence-electron chi connectivity index (χ0n) is 11.0. The lowest BCUT2D eigenvalue weighted by Gasteiger charge is -2.12. The van der Waals surface area contributed by atoms with Crippen LogP contribution in [0.5, 0.6) is 5.75 Å². The molecule has 18 heavy (non-hydrogen) atoms. The monoisotopic (exact) mass is 265 g/mol. The normalized spacial score (nSPS) is 14.4. The van der Waals surface area contributed by atoms with Gasteiger partial charge in [-0.15, -0.1) is 0 Å². The highest BCUT2D eigenvalue weighted by Gasteiger charge is 2.20. The van der Waals surface area contributed by atoms with E-state index >= 15 is 0 Å². The molecule has 0 aliphatic heterocycles. The Morgan fingerprint density at radius 2 is 2.22 bits per heavy atom. The minimum absolute atomic E-state index is 0.572. The summed E-state index contributed by atoms with van der Waals surface area (Å²) in [4.78, 5) is 0. The molecule has 0 amide bonds. The predicted octanol–water partition coefficient (Wildman–Crippen LogP) is 3.94. The fourth-order valence-corrected chi connectivity index (χ4v) is 1.94. The molecule has 2 rings (SSSR count). The molecule has 1 aromatic rings. The summed E-state index contributed by atoms with van der Waals surface area (Å²) in [7, 11) is 0. The SMILES string of the molecule is CC(C)=CCOc1c(Cl)cccc1CNC1CC1. The number of nitrogens with one attached hydrogen (secondary N) is 1. The smallest absolute Gasteiger partial charge is 0.142 e. The van der Waals surface area contributed by atoms with Crippen LogP contribution < -0.4 is 10.1 Å². The second-order valence-corrected chi connectivity index (χ2v) is 5.38. The van der Waals surface area contributed by atoms with E-state index in [2.05, 4.69) is 31.3 Å². The molecular formula is C15H20ClNO. The standard InChI is InChI=1S/C15H20ClNO/c1-11(2)8-9-18-15-12(4-3-5-14(15)16)10-17-13-6-7-13/h3-5,8,13,17H,6-7,9-10H2,1-2H3. The molecule has 0 atom stereocenters. The average Bonchev–Trinajstić information content (AvgIpc) is 3.12. The summed E-state index contributed by atoms with van der Waals surface area (Å²) >= 11 is 6.20. The van der Waals surface area contributed by atoms with Crippen molar-refractivity contribution < 1.29 is 4.74 Å². The molecule has 0 radical (unpaired) electrons. The topological polar surface area (TPSA) is 21.3 Å². The number of rotatable bonds is 6. The Balaban J connectivity index is 2.02. The first-order chi connectivity index (χ1) is 8.66. The van der Waals surface area contributed by atoms with Crippen molar-refractivity contribution in [2.24, 2.45) is 0 Å². The minimum atomic E-state index is 0.572. The zero-order chi connectivity index (χ0) is 13.0. The number of hydrogen-bond donors (Lipinski definition) is 1. The molecule has 1 fully saturated rings. The Morgan fingerprint density at radius 3 is 2.89 bits per heavy atom. The van der Waals surface area contributed by atoms with Crippen LogP contribution >= 0.6 is 11.6 Å². The molecule has 2 nitrogen and oxygen atoms in total. The van der Waals surface area contributed by atoms with E-state index in [1.165, 1.54) is 18.4 Å². The van der Waals surface area contributed by atoms with Gasteiger partial charge in [-0.1, -0.05) is 29.3 Å². The number of ether oxygens (including phenoxy) is 1. The van der Waals surface area contributed by atoms with Gasteiger partial charge in [-0.05, 0) is 38.8 Å². The van der Waals surface area contributed by atoms with Gasteiger partial charge >= 0.3 is 0 Å². The van der Waals surface area contributed by atoms with Gasteiger partial charge < -0.3 is 10.1 Å². The van der Waals surface area contributed by atoms with Gasteiger partial charge in [0.2, 0.25) is 0 Å². The van der Waals surface area contributed by atoms with Crippen LogP contribution in [0.2, 0.25) is 5.02 Å². The van der Waals surface area contributed by atoms with Gasteiger partial charge in [0.15, 0.2) is 0 Å². The van der Waals surface area contributed by atoms with Gasteiger partial charge in [-0.25, -0.2) is 0 Å². The number of allylic oxidation sites excluding steroid dienone is 1. The summed E-state index contributed by atoms with van der Waals surface area (Å²) in [6, 6.07) is 6.61. The Hall–Kier alpha value is -0.990. The number of benzene rings is 1. The molecular weight excluding hydrogens is 246 g/mol. The van der Waals surface area contributed by atoms with Crippen LogP contribution in [0.15, 0.2) is 29.8 Å². The largest absolute Gasteiger partial charge is 0.488 e. The Bertz CT molecular complexity index is 434. The second-order valence-electron chi connectivity index (χ2n) is 4.98. The molecule has 0 heterocycles. The van der Waals surface area contributed by atoms with E-state index in [0.717, 1.165) is 17.9 Å². The third kappa shape index (κ3) is 4.04. The number of halogens is 1. The van der Waals surface area contributed by atoms with E-state index in [-0.39, 0.29) is 0 Å². The van der Waals surface area contributed by atoms with E-state index < -0.39 is 0 Å². The molecule has 1 aliphatic carbocycles. The lowest BCUT2D eigenvalue weighted by Crippen LogP contribution is -2.16. The molecule has 1 aromatic carbocycles. The summed E-state index contributed by atoms with van der Waals surface area (Å²) < 4.78 is 5.78. The average molecular weight is 266 g/mol. The number of hydrogen-bond acceptors (Lipinski definition) is 2. The van der Waals surface area contributed by atoms with Crippen molar-refractivity contribution in [1.29, 1.82) is 0 Å². The second kappa shape index (κ2) is 6.26. The highest BCUT2D eigenvalue weighted by atomic mass is 35.5. The van der Waals surface area contributed by atoms with Crippen molar-refractivity contribution >= 4 is 11.6 Å². The third-order valence-electron chi connectivity index (χ3n) is 2.93. The van der Waals surface area contributed by atoms with Crippen LogP contribution in [0.4, 0.5) is 0 Å². The maximum Gasteiger partial charge on any atom is 0.142 e. The predicted molar refractivity (Wildman–Crippen MR) is 76.2 cm³/mol. The third-order valence-corrected chi connectivity index (χ3v) is 3.22. The summed E-state index contributed by atoms with van der Waals surface area (Å²) in [5.41, 5.74) is 2.39. The fourth-order valence-electron chi connectivity index (χ4n) is 1.69. The Morgan fingerprint density at radius 1 is 1.44 bits per heavy atom. The summed E-state index contributed by atoms with van der Waals surface area (Å²) in [5, 5.41) is 4.17. The van der Waals surface area contributed by atoms with Crippen LogP contribution in [0.3, 0.4) is 0 Å². The van der Waals surface area contributed by atoms with Gasteiger partial charge in [0.05, 0.1) is 5.02 Å². The first kappa shape index (κ1) is 13.4. The number of para-hydroxylation sites is 1. The molecule has 1 saturated carbocycles. The van der Waals surface area contributed by atoms with Crippen molar-refractivity contribution in [2.75, 3.05) is 6.61 Å². The van der Waals surface area contributed by atoms with E-state index in [1.807, 2.05) is 12.1 Å².